The highest BCUT2D eigenvalue weighted by atomic mass is 79.9. The third kappa shape index (κ3) is 2.10. The fraction of sp³-hybridized carbons (Fsp3) is 0.308. The van der Waals surface area contributed by atoms with E-state index in [4.69, 9.17) is 10.5 Å². The Kier molecular flexibility index (Phi) is 3.61. The number of ether oxygens (including phenoxy) is 1. The highest BCUT2D eigenvalue weighted by molar-refractivity contribution is 9.10. The van der Waals surface area contributed by atoms with Crippen LogP contribution in [-0.2, 0) is 13.5 Å². The van der Waals surface area contributed by atoms with Crippen LogP contribution in [0.2, 0.25) is 0 Å². The second-order valence-corrected chi connectivity index (χ2v) is 4.95. The molecular formula is C13H16BrN3O. The maximum atomic E-state index is 6.02. The van der Waals surface area contributed by atoms with Crippen LogP contribution in [0.15, 0.2) is 22.7 Å². The van der Waals surface area contributed by atoms with E-state index in [0.29, 0.717) is 5.82 Å². The molecule has 1 aromatic heterocycles. The van der Waals surface area contributed by atoms with Crippen molar-refractivity contribution in [1.82, 2.24) is 9.78 Å². The van der Waals surface area contributed by atoms with Gasteiger partial charge >= 0.3 is 0 Å². The lowest BCUT2D eigenvalue weighted by atomic mass is 10.0. The van der Waals surface area contributed by atoms with Crippen molar-refractivity contribution in [3.05, 3.63) is 28.2 Å². The fourth-order valence-corrected chi connectivity index (χ4v) is 2.35. The summed E-state index contributed by atoms with van der Waals surface area (Å²) in [5, 5.41) is 4.49. The zero-order chi connectivity index (χ0) is 13.3. The zero-order valence-electron chi connectivity index (χ0n) is 10.7. The molecule has 0 saturated carbocycles. The molecule has 0 bridgehead atoms. The molecule has 1 aromatic carbocycles. The minimum Gasteiger partial charge on any atom is -0.496 e. The van der Waals surface area contributed by atoms with Crippen LogP contribution in [0.1, 0.15) is 12.5 Å². The van der Waals surface area contributed by atoms with Gasteiger partial charge in [-0.15, -0.1) is 0 Å². The van der Waals surface area contributed by atoms with Crippen LogP contribution in [0.4, 0.5) is 5.82 Å². The monoisotopic (exact) mass is 309 g/mol. The number of aromatic nitrogens is 2. The van der Waals surface area contributed by atoms with Gasteiger partial charge in [0.15, 0.2) is 0 Å². The van der Waals surface area contributed by atoms with Crippen LogP contribution >= 0.6 is 15.9 Å². The summed E-state index contributed by atoms with van der Waals surface area (Å²) in [7, 11) is 3.51. The summed E-state index contributed by atoms with van der Waals surface area (Å²) >= 11 is 3.43. The third-order valence-electron chi connectivity index (χ3n) is 2.97. The highest BCUT2D eigenvalue weighted by Crippen LogP contribution is 2.35. The molecule has 1 heterocycles. The Bertz CT molecular complexity index is 578. The molecule has 0 saturated heterocycles. The first-order valence-electron chi connectivity index (χ1n) is 5.73. The van der Waals surface area contributed by atoms with E-state index in [1.54, 1.807) is 11.8 Å². The summed E-state index contributed by atoms with van der Waals surface area (Å²) < 4.78 is 8.09. The van der Waals surface area contributed by atoms with Crippen molar-refractivity contribution in [2.24, 2.45) is 7.05 Å². The molecule has 4 nitrogen and oxygen atoms in total. The second kappa shape index (κ2) is 5.02. The molecule has 0 spiro atoms. The van der Waals surface area contributed by atoms with Gasteiger partial charge in [0.2, 0.25) is 0 Å². The number of hydrogen-bond acceptors (Lipinski definition) is 3. The first kappa shape index (κ1) is 13.0. The van der Waals surface area contributed by atoms with Gasteiger partial charge in [-0.2, -0.15) is 5.10 Å². The number of nitrogen functional groups attached to an aromatic ring is 1. The number of methoxy groups -OCH3 is 1. The smallest absolute Gasteiger partial charge is 0.129 e. The van der Waals surface area contributed by atoms with E-state index in [2.05, 4.69) is 28.0 Å². The molecule has 0 aliphatic carbocycles. The molecule has 2 N–H and O–H groups in total. The summed E-state index contributed by atoms with van der Waals surface area (Å²) in [6.07, 6.45) is 0.841. The Morgan fingerprint density at radius 3 is 2.78 bits per heavy atom. The van der Waals surface area contributed by atoms with E-state index in [0.717, 1.165) is 33.5 Å². The predicted molar refractivity (Wildman–Crippen MR) is 76.7 cm³/mol. The maximum absolute atomic E-state index is 6.02. The SMILES string of the molecule is CCc1c(-c2ccc(Br)cc2OC)nn(C)c1N. The Morgan fingerprint density at radius 2 is 2.17 bits per heavy atom. The average Bonchev–Trinajstić information content (AvgIpc) is 2.65. The largest absolute Gasteiger partial charge is 0.496 e. The molecular weight excluding hydrogens is 294 g/mol. The lowest BCUT2D eigenvalue weighted by molar-refractivity contribution is 0.416. The summed E-state index contributed by atoms with van der Waals surface area (Å²) in [6, 6.07) is 5.89. The van der Waals surface area contributed by atoms with E-state index in [9.17, 15) is 0 Å². The molecule has 5 heteroatoms. The molecule has 2 rings (SSSR count). The molecule has 0 unspecified atom stereocenters. The van der Waals surface area contributed by atoms with Crippen molar-refractivity contribution in [2.45, 2.75) is 13.3 Å². The summed E-state index contributed by atoms with van der Waals surface area (Å²) in [5.41, 5.74) is 8.93. The quantitative estimate of drug-likeness (QED) is 0.948. The molecule has 0 aliphatic rings. The Labute approximate surface area is 115 Å². The highest BCUT2D eigenvalue weighted by Gasteiger charge is 2.17. The topological polar surface area (TPSA) is 53.1 Å². The van der Waals surface area contributed by atoms with Gasteiger partial charge in [-0.1, -0.05) is 22.9 Å². The third-order valence-corrected chi connectivity index (χ3v) is 3.46. The van der Waals surface area contributed by atoms with Gasteiger partial charge in [0, 0.05) is 22.6 Å². The summed E-state index contributed by atoms with van der Waals surface area (Å²) in [6.45, 7) is 2.07. The number of benzene rings is 1. The molecule has 18 heavy (non-hydrogen) atoms. The summed E-state index contributed by atoms with van der Waals surface area (Å²) in [4.78, 5) is 0. The molecule has 0 fully saturated rings. The van der Waals surface area contributed by atoms with Crippen molar-refractivity contribution in [1.29, 1.82) is 0 Å². The number of nitrogens with two attached hydrogens (primary N) is 1. The lowest BCUT2D eigenvalue weighted by Crippen LogP contribution is -1.98. The Balaban J connectivity index is 2.65. The second-order valence-electron chi connectivity index (χ2n) is 4.03. The zero-order valence-corrected chi connectivity index (χ0v) is 12.3. The normalized spacial score (nSPS) is 10.7. The van der Waals surface area contributed by atoms with Crippen molar-refractivity contribution >= 4 is 21.7 Å². The maximum Gasteiger partial charge on any atom is 0.129 e. The minimum absolute atomic E-state index is 0.706. The van der Waals surface area contributed by atoms with Crippen LogP contribution in [0.3, 0.4) is 0 Å². The van der Waals surface area contributed by atoms with Gasteiger partial charge in [-0.25, -0.2) is 0 Å². The van der Waals surface area contributed by atoms with Crippen LogP contribution in [0.25, 0.3) is 11.3 Å². The predicted octanol–water partition coefficient (Wildman–Crippen LogP) is 3.00. The standard InChI is InChI=1S/C13H16BrN3O/c1-4-9-12(16-17(2)13(9)15)10-6-5-8(14)7-11(10)18-3/h5-7H,4,15H2,1-3H3. The van der Waals surface area contributed by atoms with Crippen LogP contribution in [0.5, 0.6) is 5.75 Å². The van der Waals surface area contributed by atoms with Crippen molar-refractivity contribution in [3.8, 4) is 17.0 Å². The van der Waals surface area contributed by atoms with Crippen molar-refractivity contribution in [3.63, 3.8) is 0 Å². The van der Waals surface area contributed by atoms with Crippen molar-refractivity contribution in [2.75, 3.05) is 12.8 Å². The lowest BCUT2D eigenvalue weighted by Gasteiger charge is -2.08. The van der Waals surface area contributed by atoms with Gasteiger partial charge in [-0.05, 0) is 24.6 Å². The van der Waals surface area contributed by atoms with E-state index >= 15 is 0 Å². The van der Waals surface area contributed by atoms with E-state index in [-0.39, 0.29) is 0 Å². The van der Waals surface area contributed by atoms with Gasteiger partial charge in [0.05, 0.1) is 7.11 Å². The van der Waals surface area contributed by atoms with Gasteiger partial charge in [0.25, 0.3) is 0 Å². The molecule has 0 atom stereocenters. The average molecular weight is 310 g/mol. The molecule has 0 aliphatic heterocycles. The molecule has 96 valence electrons. The van der Waals surface area contributed by atoms with Crippen LogP contribution in [-0.4, -0.2) is 16.9 Å². The molecule has 0 radical (unpaired) electrons. The first-order chi connectivity index (χ1) is 8.58. The number of anilines is 1. The molecule has 2 aromatic rings. The van der Waals surface area contributed by atoms with Gasteiger partial charge in [0.1, 0.15) is 17.3 Å². The van der Waals surface area contributed by atoms with E-state index in [1.165, 1.54) is 0 Å². The van der Waals surface area contributed by atoms with Crippen LogP contribution in [0, 0.1) is 0 Å². The number of rotatable bonds is 3. The number of aryl methyl sites for hydroxylation is 1. The van der Waals surface area contributed by atoms with Crippen LogP contribution < -0.4 is 10.5 Å². The number of halogens is 1. The van der Waals surface area contributed by atoms with Crippen molar-refractivity contribution < 1.29 is 4.74 Å². The number of hydrogen-bond donors (Lipinski definition) is 1. The van der Waals surface area contributed by atoms with E-state index in [1.807, 2.05) is 25.2 Å². The van der Waals surface area contributed by atoms with Gasteiger partial charge < -0.3 is 10.5 Å². The Hall–Kier alpha value is -1.49. The number of nitrogens with zero attached hydrogens (tertiary/aromatic N) is 2. The van der Waals surface area contributed by atoms with Gasteiger partial charge in [-0.3, -0.25) is 4.68 Å². The minimum atomic E-state index is 0.706. The fourth-order valence-electron chi connectivity index (χ4n) is 2.01. The molecule has 0 amide bonds. The first-order valence-corrected chi connectivity index (χ1v) is 6.53. The Morgan fingerprint density at radius 1 is 1.44 bits per heavy atom. The van der Waals surface area contributed by atoms with E-state index < -0.39 is 0 Å². The summed E-state index contributed by atoms with van der Waals surface area (Å²) in [5.74, 6) is 1.50.